The van der Waals surface area contributed by atoms with E-state index in [0.717, 1.165) is 0 Å². The third kappa shape index (κ3) is 4.39. The predicted octanol–water partition coefficient (Wildman–Crippen LogP) is -0.628. The third-order valence-corrected chi connectivity index (χ3v) is 3.83. The Morgan fingerprint density at radius 3 is 2.79 bits per heavy atom. The number of aryl methyl sites for hydroxylation is 1. The zero-order valence-electron chi connectivity index (χ0n) is 13.6. The standard InChI is InChI=1S/C15H21N3O6/c1-8-6-18(15(22)17-14(8)21)12-5-10(16)11(24-12)7-23-13(20)4-3-9(2)19/h6,10-12H,3-5,7,16H2,1-2H3,(H,17,21,22)/t10-,11+,12+/m0/s1. The van der Waals surface area contributed by atoms with Crippen molar-refractivity contribution >= 4 is 11.8 Å². The van der Waals surface area contributed by atoms with Crippen molar-refractivity contribution in [2.75, 3.05) is 6.61 Å². The Morgan fingerprint density at radius 1 is 1.42 bits per heavy atom. The molecular formula is C15H21N3O6. The van der Waals surface area contributed by atoms with Crippen molar-refractivity contribution in [2.24, 2.45) is 5.73 Å². The maximum atomic E-state index is 11.9. The number of ketones is 1. The minimum atomic E-state index is -0.635. The van der Waals surface area contributed by atoms with E-state index < -0.39 is 35.6 Å². The zero-order valence-corrected chi connectivity index (χ0v) is 13.6. The highest BCUT2D eigenvalue weighted by molar-refractivity contribution is 5.80. The summed E-state index contributed by atoms with van der Waals surface area (Å²) in [5.41, 5.74) is 5.32. The van der Waals surface area contributed by atoms with Crippen LogP contribution in [-0.4, -0.2) is 40.1 Å². The van der Waals surface area contributed by atoms with Crippen molar-refractivity contribution in [3.05, 3.63) is 32.6 Å². The Bertz CT molecular complexity index is 737. The molecule has 0 radical (unpaired) electrons. The maximum absolute atomic E-state index is 11.9. The van der Waals surface area contributed by atoms with E-state index in [1.807, 2.05) is 0 Å². The molecule has 2 rings (SSSR count). The van der Waals surface area contributed by atoms with Gasteiger partial charge in [0.05, 0.1) is 6.42 Å². The first kappa shape index (κ1) is 18.1. The monoisotopic (exact) mass is 339 g/mol. The molecule has 0 bridgehead atoms. The van der Waals surface area contributed by atoms with Gasteiger partial charge in [0.15, 0.2) is 0 Å². The lowest BCUT2D eigenvalue weighted by Gasteiger charge is -2.16. The molecule has 1 aromatic heterocycles. The highest BCUT2D eigenvalue weighted by Gasteiger charge is 2.35. The molecule has 1 aromatic rings. The first-order chi connectivity index (χ1) is 11.3. The molecule has 0 aliphatic carbocycles. The number of Topliss-reactive ketones (excluding diaryl/α,β-unsaturated/α-hetero) is 1. The number of nitrogens with one attached hydrogen (secondary N) is 1. The van der Waals surface area contributed by atoms with Crippen LogP contribution >= 0.6 is 0 Å². The Morgan fingerprint density at radius 2 is 2.12 bits per heavy atom. The highest BCUT2D eigenvalue weighted by Crippen LogP contribution is 2.26. The fourth-order valence-electron chi connectivity index (χ4n) is 2.41. The van der Waals surface area contributed by atoms with E-state index in [2.05, 4.69) is 4.98 Å². The van der Waals surface area contributed by atoms with Crippen molar-refractivity contribution in [1.29, 1.82) is 0 Å². The van der Waals surface area contributed by atoms with Crippen molar-refractivity contribution < 1.29 is 19.1 Å². The lowest BCUT2D eigenvalue weighted by Crippen LogP contribution is -2.34. The molecule has 2 heterocycles. The van der Waals surface area contributed by atoms with Crippen LogP contribution in [0.2, 0.25) is 0 Å². The molecule has 1 aliphatic rings. The molecule has 3 atom stereocenters. The van der Waals surface area contributed by atoms with E-state index in [1.165, 1.54) is 17.7 Å². The fourth-order valence-corrected chi connectivity index (χ4v) is 2.41. The van der Waals surface area contributed by atoms with Gasteiger partial charge in [-0.05, 0) is 13.8 Å². The Balaban J connectivity index is 1.96. The van der Waals surface area contributed by atoms with Gasteiger partial charge in [-0.1, -0.05) is 0 Å². The van der Waals surface area contributed by atoms with E-state index in [4.69, 9.17) is 15.2 Å². The van der Waals surface area contributed by atoms with E-state index >= 15 is 0 Å². The molecule has 0 amide bonds. The van der Waals surface area contributed by atoms with Gasteiger partial charge in [-0.15, -0.1) is 0 Å². The second-order valence-corrected chi connectivity index (χ2v) is 5.89. The van der Waals surface area contributed by atoms with Crippen molar-refractivity contribution in [2.45, 2.75) is 51.5 Å². The number of nitrogens with zero attached hydrogens (tertiary/aromatic N) is 1. The van der Waals surface area contributed by atoms with Crippen LogP contribution in [0.4, 0.5) is 0 Å². The molecule has 1 saturated heterocycles. The van der Waals surface area contributed by atoms with Crippen molar-refractivity contribution in [3.63, 3.8) is 0 Å². The molecule has 0 saturated carbocycles. The quantitative estimate of drug-likeness (QED) is 0.659. The average Bonchev–Trinajstić information content (AvgIpc) is 2.87. The van der Waals surface area contributed by atoms with E-state index in [0.29, 0.717) is 12.0 Å². The number of hydrogen-bond donors (Lipinski definition) is 2. The highest BCUT2D eigenvalue weighted by atomic mass is 16.6. The SMILES string of the molecule is CC(=O)CCC(=O)OC[C@H]1O[C@@H](n2cc(C)c(=O)[nH]c2=O)C[C@@H]1N. The molecule has 132 valence electrons. The second-order valence-electron chi connectivity index (χ2n) is 5.89. The molecule has 1 aliphatic heterocycles. The van der Waals surface area contributed by atoms with Crippen LogP contribution in [0.1, 0.15) is 38.0 Å². The molecule has 0 aromatic carbocycles. The van der Waals surface area contributed by atoms with Gasteiger partial charge in [0.1, 0.15) is 24.7 Å². The van der Waals surface area contributed by atoms with Gasteiger partial charge in [0.2, 0.25) is 0 Å². The predicted molar refractivity (Wildman–Crippen MR) is 83.4 cm³/mol. The number of carbonyl (C=O) groups is 2. The molecule has 24 heavy (non-hydrogen) atoms. The van der Waals surface area contributed by atoms with Gasteiger partial charge in [-0.3, -0.25) is 19.1 Å². The van der Waals surface area contributed by atoms with Gasteiger partial charge in [0, 0.05) is 30.6 Å². The first-order valence-electron chi connectivity index (χ1n) is 7.66. The normalized spacial score (nSPS) is 23.2. The van der Waals surface area contributed by atoms with Gasteiger partial charge < -0.3 is 20.0 Å². The van der Waals surface area contributed by atoms with Crippen molar-refractivity contribution in [3.8, 4) is 0 Å². The summed E-state index contributed by atoms with van der Waals surface area (Å²) in [6.45, 7) is 2.93. The summed E-state index contributed by atoms with van der Waals surface area (Å²) in [4.78, 5) is 47.9. The number of aromatic amines is 1. The number of nitrogens with two attached hydrogens (primary N) is 1. The molecule has 0 spiro atoms. The summed E-state index contributed by atoms with van der Waals surface area (Å²) in [6, 6.07) is -0.422. The van der Waals surface area contributed by atoms with Gasteiger partial charge in [-0.2, -0.15) is 0 Å². The van der Waals surface area contributed by atoms with E-state index in [9.17, 15) is 19.2 Å². The smallest absolute Gasteiger partial charge is 0.330 e. The van der Waals surface area contributed by atoms with Crippen molar-refractivity contribution in [1.82, 2.24) is 9.55 Å². The van der Waals surface area contributed by atoms with Gasteiger partial charge in [-0.25, -0.2) is 4.79 Å². The summed E-state index contributed by atoms with van der Waals surface area (Å²) in [5, 5.41) is 0. The lowest BCUT2D eigenvalue weighted by atomic mass is 10.1. The summed E-state index contributed by atoms with van der Waals surface area (Å²) in [5.74, 6) is -0.588. The topological polar surface area (TPSA) is 133 Å². The zero-order chi connectivity index (χ0) is 17.9. The number of hydrogen-bond acceptors (Lipinski definition) is 7. The van der Waals surface area contributed by atoms with Gasteiger partial charge in [0.25, 0.3) is 5.56 Å². The van der Waals surface area contributed by atoms with E-state index in [-0.39, 0.29) is 25.2 Å². The molecular weight excluding hydrogens is 318 g/mol. The summed E-state index contributed by atoms with van der Waals surface area (Å²) < 4.78 is 12.0. The Labute approximate surface area is 137 Å². The van der Waals surface area contributed by atoms with Gasteiger partial charge >= 0.3 is 11.7 Å². The third-order valence-electron chi connectivity index (χ3n) is 3.83. The summed E-state index contributed by atoms with van der Waals surface area (Å²) in [6.07, 6.45) is 0.713. The summed E-state index contributed by atoms with van der Waals surface area (Å²) in [7, 11) is 0. The number of ether oxygens (including phenoxy) is 2. The average molecular weight is 339 g/mol. The van der Waals surface area contributed by atoms with Crippen LogP contribution in [0.3, 0.4) is 0 Å². The van der Waals surface area contributed by atoms with Crippen LogP contribution in [0.15, 0.2) is 15.8 Å². The number of carbonyl (C=O) groups excluding carboxylic acids is 2. The molecule has 0 unspecified atom stereocenters. The molecule has 1 fully saturated rings. The van der Waals surface area contributed by atoms with Crippen LogP contribution in [-0.2, 0) is 19.1 Å². The van der Waals surface area contributed by atoms with Crippen LogP contribution in [0.5, 0.6) is 0 Å². The first-order valence-corrected chi connectivity index (χ1v) is 7.66. The van der Waals surface area contributed by atoms with Crippen LogP contribution in [0, 0.1) is 6.92 Å². The Kier molecular flexibility index (Phi) is 5.68. The molecule has 3 N–H and O–H groups in total. The number of esters is 1. The minimum absolute atomic E-state index is 0.0132. The lowest BCUT2D eigenvalue weighted by molar-refractivity contribution is -0.149. The largest absolute Gasteiger partial charge is 0.463 e. The summed E-state index contributed by atoms with van der Waals surface area (Å²) >= 11 is 0. The van der Waals surface area contributed by atoms with E-state index in [1.54, 1.807) is 6.92 Å². The number of H-pyrrole nitrogens is 1. The van der Waals surface area contributed by atoms with Crippen LogP contribution in [0.25, 0.3) is 0 Å². The van der Waals surface area contributed by atoms with Crippen LogP contribution < -0.4 is 17.0 Å². The minimum Gasteiger partial charge on any atom is -0.463 e. The Hall–Kier alpha value is -2.26. The molecule has 9 heteroatoms. The number of aromatic nitrogens is 2. The molecule has 9 nitrogen and oxygen atoms in total. The second kappa shape index (κ2) is 7.54. The maximum Gasteiger partial charge on any atom is 0.330 e. The fraction of sp³-hybridized carbons (Fsp3) is 0.600. The number of rotatable bonds is 6.